The van der Waals surface area contributed by atoms with Crippen LogP contribution in [0.25, 0.3) is 11.2 Å². The standard InChI is InChI=1S/C9H14N6O2/c10-9-13-7-6(8(17)14-9)12-5-15(7)3-1-11-2-4-16/h5,11,16H,1-4H2,(H3,10,13,14,17). The van der Waals surface area contributed by atoms with Crippen molar-refractivity contribution in [1.82, 2.24) is 24.8 Å². The normalized spacial score (nSPS) is 11.1. The first kappa shape index (κ1) is 11.6. The number of nitrogen functional groups attached to an aromatic ring is 1. The van der Waals surface area contributed by atoms with Crippen LogP contribution >= 0.6 is 0 Å². The molecule has 0 aromatic carbocycles. The first-order valence-electron chi connectivity index (χ1n) is 5.24. The summed E-state index contributed by atoms with van der Waals surface area (Å²) < 4.78 is 1.74. The van der Waals surface area contributed by atoms with Crippen LogP contribution < -0.4 is 16.6 Å². The molecule has 0 fully saturated rings. The zero-order valence-corrected chi connectivity index (χ0v) is 9.18. The van der Waals surface area contributed by atoms with Crippen molar-refractivity contribution in [2.45, 2.75) is 6.54 Å². The molecule has 0 aliphatic rings. The van der Waals surface area contributed by atoms with Gasteiger partial charge >= 0.3 is 0 Å². The second kappa shape index (κ2) is 4.93. The van der Waals surface area contributed by atoms with Gasteiger partial charge in [-0.1, -0.05) is 0 Å². The van der Waals surface area contributed by atoms with Gasteiger partial charge in [0.1, 0.15) is 0 Å². The van der Waals surface area contributed by atoms with Crippen LogP contribution in [0.1, 0.15) is 0 Å². The quantitative estimate of drug-likeness (QED) is 0.460. The van der Waals surface area contributed by atoms with Crippen molar-refractivity contribution in [2.75, 3.05) is 25.4 Å². The van der Waals surface area contributed by atoms with E-state index in [-0.39, 0.29) is 23.6 Å². The number of aliphatic hydroxyl groups is 1. The van der Waals surface area contributed by atoms with E-state index in [0.29, 0.717) is 25.3 Å². The van der Waals surface area contributed by atoms with Crippen LogP contribution in [0.5, 0.6) is 0 Å². The highest BCUT2D eigenvalue weighted by molar-refractivity contribution is 5.70. The molecule has 2 aromatic rings. The molecule has 5 N–H and O–H groups in total. The van der Waals surface area contributed by atoms with E-state index in [0.717, 1.165) is 0 Å². The molecule has 0 atom stereocenters. The fraction of sp³-hybridized carbons (Fsp3) is 0.444. The van der Waals surface area contributed by atoms with Gasteiger partial charge < -0.3 is 20.7 Å². The van der Waals surface area contributed by atoms with Gasteiger partial charge in [0, 0.05) is 19.6 Å². The molecule has 8 nitrogen and oxygen atoms in total. The molecule has 0 aliphatic carbocycles. The summed E-state index contributed by atoms with van der Waals surface area (Å²) in [7, 11) is 0. The topological polar surface area (TPSA) is 122 Å². The van der Waals surface area contributed by atoms with Gasteiger partial charge in [-0.25, -0.2) is 4.98 Å². The largest absolute Gasteiger partial charge is 0.395 e. The van der Waals surface area contributed by atoms with Crippen LogP contribution in [0.15, 0.2) is 11.1 Å². The Hall–Kier alpha value is -1.93. The maximum Gasteiger partial charge on any atom is 0.280 e. The molecule has 0 amide bonds. The van der Waals surface area contributed by atoms with E-state index in [1.807, 2.05) is 0 Å². The molecule has 0 saturated carbocycles. The molecule has 92 valence electrons. The summed E-state index contributed by atoms with van der Waals surface area (Å²) >= 11 is 0. The smallest absolute Gasteiger partial charge is 0.280 e. The van der Waals surface area contributed by atoms with E-state index in [9.17, 15) is 4.79 Å². The van der Waals surface area contributed by atoms with Gasteiger partial charge in [-0.2, -0.15) is 4.98 Å². The number of imidazole rings is 1. The Labute approximate surface area is 96.5 Å². The molecule has 0 aliphatic heterocycles. The van der Waals surface area contributed by atoms with E-state index < -0.39 is 0 Å². The number of nitrogens with one attached hydrogen (secondary N) is 2. The summed E-state index contributed by atoms with van der Waals surface area (Å²) in [5, 5.41) is 11.6. The molecule has 2 aromatic heterocycles. The molecule has 0 bridgehead atoms. The van der Waals surface area contributed by atoms with Gasteiger partial charge in [-0.3, -0.25) is 9.78 Å². The van der Waals surface area contributed by atoms with Crippen molar-refractivity contribution < 1.29 is 5.11 Å². The average Bonchev–Trinajstić information content (AvgIpc) is 2.68. The van der Waals surface area contributed by atoms with Crippen molar-refractivity contribution in [3.05, 3.63) is 16.7 Å². The summed E-state index contributed by atoms with van der Waals surface area (Å²) in [6.45, 7) is 1.88. The molecule has 0 radical (unpaired) electrons. The number of fused-ring (bicyclic) bond motifs is 1. The van der Waals surface area contributed by atoms with E-state index >= 15 is 0 Å². The third-order valence-electron chi connectivity index (χ3n) is 2.31. The van der Waals surface area contributed by atoms with Gasteiger partial charge in [-0.15, -0.1) is 0 Å². The number of aliphatic hydroxyl groups excluding tert-OH is 1. The van der Waals surface area contributed by atoms with Crippen LogP contribution in [0.4, 0.5) is 5.95 Å². The van der Waals surface area contributed by atoms with Gasteiger partial charge in [0.25, 0.3) is 5.56 Å². The monoisotopic (exact) mass is 238 g/mol. The Balaban J connectivity index is 2.21. The predicted molar refractivity (Wildman–Crippen MR) is 62.5 cm³/mol. The Morgan fingerprint density at radius 1 is 1.53 bits per heavy atom. The predicted octanol–water partition coefficient (Wildman–Crippen LogP) is -1.72. The fourth-order valence-electron chi connectivity index (χ4n) is 1.54. The van der Waals surface area contributed by atoms with Crippen molar-refractivity contribution in [3.63, 3.8) is 0 Å². The third-order valence-corrected chi connectivity index (χ3v) is 2.31. The molecular weight excluding hydrogens is 224 g/mol. The van der Waals surface area contributed by atoms with Crippen molar-refractivity contribution in [1.29, 1.82) is 0 Å². The van der Waals surface area contributed by atoms with E-state index in [4.69, 9.17) is 10.8 Å². The lowest BCUT2D eigenvalue weighted by molar-refractivity contribution is 0.291. The highest BCUT2D eigenvalue weighted by atomic mass is 16.3. The number of aromatic amines is 1. The minimum absolute atomic E-state index is 0.0765. The zero-order chi connectivity index (χ0) is 12.3. The maximum atomic E-state index is 11.5. The summed E-state index contributed by atoms with van der Waals surface area (Å²) in [5.41, 5.74) is 5.88. The van der Waals surface area contributed by atoms with Gasteiger partial charge in [-0.05, 0) is 0 Å². The molecular formula is C9H14N6O2. The lowest BCUT2D eigenvalue weighted by Crippen LogP contribution is -2.23. The first-order chi connectivity index (χ1) is 8.22. The van der Waals surface area contributed by atoms with Gasteiger partial charge in [0.2, 0.25) is 5.95 Å². The Morgan fingerprint density at radius 3 is 3.12 bits per heavy atom. The minimum Gasteiger partial charge on any atom is -0.395 e. The molecule has 0 spiro atoms. The molecule has 2 rings (SSSR count). The number of nitrogens with zero attached hydrogens (tertiary/aromatic N) is 3. The van der Waals surface area contributed by atoms with Crippen molar-refractivity contribution in [2.24, 2.45) is 0 Å². The van der Waals surface area contributed by atoms with Crippen LogP contribution in [-0.4, -0.2) is 44.3 Å². The van der Waals surface area contributed by atoms with Crippen molar-refractivity contribution >= 4 is 17.1 Å². The molecule has 8 heteroatoms. The Kier molecular flexibility index (Phi) is 3.35. The Morgan fingerprint density at radius 2 is 2.35 bits per heavy atom. The fourth-order valence-corrected chi connectivity index (χ4v) is 1.54. The van der Waals surface area contributed by atoms with E-state index in [2.05, 4.69) is 20.3 Å². The number of rotatable bonds is 5. The number of hydrogen-bond donors (Lipinski definition) is 4. The number of aromatic nitrogens is 4. The Bertz CT molecular complexity index is 560. The van der Waals surface area contributed by atoms with E-state index in [1.54, 1.807) is 10.9 Å². The molecule has 17 heavy (non-hydrogen) atoms. The molecule has 0 saturated heterocycles. The first-order valence-corrected chi connectivity index (χ1v) is 5.24. The van der Waals surface area contributed by atoms with Gasteiger partial charge in [0.05, 0.1) is 12.9 Å². The number of H-pyrrole nitrogens is 1. The zero-order valence-electron chi connectivity index (χ0n) is 9.18. The highest BCUT2D eigenvalue weighted by Crippen LogP contribution is 2.05. The minimum atomic E-state index is -0.338. The highest BCUT2D eigenvalue weighted by Gasteiger charge is 2.08. The summed E-state index contributed by atoms with van der Waals surface area (Å²) in [4.78, 5) is 21.9. The van der Waals surface area contributed by atoms with Crippen LogP contribution in [0.2, 0.25) is 0 Å². The summed E-state index contributed by atoms with van der Waals surface area (Å²) in [5.74, 6) is 0.0765. The van der Waals surface area contributed by atoms with E-state index in [1.165, 1.54) is 0 Å². The second-order valence-corrected chi connectivity index (χ2v) is 3.53. The lowest BCUT2D eigenvalue weighted by Gasteiger charge is -2.04. The van der Waals surface area contributed by atoms with Crippen LogP contribution in [-0.2, 0) is 6.54 Å². The van der Waals surface area contributed by atoms with Crippen LogP contribution in [0, 0.1) is 0 Å². The number of anilines is 1. The summed E-state index contributed by atoms with van der Waals surface area (Å²) in [6, 6.07) is 0. The maximum absolute atomic E-state index is 11.5. The SMILES string of the molecule is Nc1nc2c(ncn2CCNCCO)c(=O)[nH]1. The van der Waals surface area contributed by atoms with Crippen molar-refractivity contribution in [3.8, 4) is 0 Å². The van der Waals surface area contributed by atoms with Crippen LogP contribution in [0.3, 0.4) is 0 Å². The molecule has 2 heterocycles. The number of hydrogen-bond acceptors (Lipinski definition) is 6. The summed E-state index contributed by atoms with van der Waals surface area (Å²) in [6.07, 6.45) is 1.55. The lowest BCUT2D eigenvalue weighted by atomic mass is 10.5. The average molecular weight is 238 g/mol. The third kappa shape index (κ3) is 2.43. The molecule has 0 unspecified atom stereocenters. The van der Waals surface area contributed by atoms with Gasteiger partial charge in [0.15, 0.2) is 11.2 Å². The second-order valence-electron chi connectivity index (χ2n) is 3.53. The number of nitrogens with two attached hydrogens (primary N) is 1.